The van der Waals surface area contributed by atoms with Gasteiger partial charge < -0.3 is 10.2 Å². The lowest BCUT2D eigenvalue weighted by Gasteiger charge is -2.30. The first-order valence-corrected chi connectivity index (χ1v) is 7.66. The first-order chi connectivity index (χ1) is 10.7. The van der Waals surface area contributed by atoms with Crippen LogP contribution in [0.3, 0.4) is 0 Å². The van der Waals surface area contributed by atoms with Gasteiger partial charge in [0.1, 0.15) is 0 Å². The molecule has 0 aliphatic carbocycles. The fraction of sp³-hybridized carbons (Fsp3) is 0.353. The smallest absolute Gasteiger partial charge is 0.258 e. The molecule has 3 rings (SSSR count). The van der Waals surface area contributed by atoms with E-state index in [9.17, 15) is 4.79 Å². The summed E-state index contributed by atoms with van der Waals surface area (Å²) in [6.07, 6.45) is 5.62. The van der Waals surface area contributed by atoms with E-state index in [0.717, 1.165) is 18.8 Å². The summed E-state index contributed by atoms with van der Waals surface area (Å²) in [6.45, 7) is 4.21. The summed E-state index contributed by atoms with van der Waals surface area (Å²) in [5.41, 5.74) is 1.24. The zero-order valence-electron chi connectivity index (χ0n) is 12.7. The van der Waals surface area contributed by atoms with E-state index >= 15 is 0 Å². The van der Waals surface area contributed by atoms with Crippen molar-refractivity contribution in [2.45, 2.75) is 19.8 Å². The van der Waals surface area contributed by atoms with Gasteiger partial charge in [-0.15, -0.1) is 0 Å². The van der Waals surface area contributed by atoms with Gasteiger partial charge >= 0.3 is 0 Å². The number of carbonyl (C=O) groups excluding carboxylic acids is 1. The lowest BCUT2D eigenvalue weighted by atomic mass is 10.0. The Morgan fingerprint density at radius 2 is 1.95 bits per heavy atom. The normalized spacial score (nSPS) is 18.0. The summed E-state index contributed by atoms with van der Waals surface area (Å²) in [5.74, 6) is 1.19. The van der Waals surface area contributed by atoms with E-state index in [4.69, 9.17) is 0 Å². The predicted molar refractivity (Wildman–Crippen MR) is 87.0 cm³/mol. The molecule has 1 amide bonds. The minimum absolute atomic E-state index is 0.190. The number of piperidine rings is 1. The van der Waals surface area contributed by atoms with Gasteiger partial charge in [-0.3, -0.25) is 4.79 Å². The SMILES string of the molecule is CC1CCCN(c2ncc(C(=O)Nc3ccccc3)cn2)C1. The van der Waals surface area contributed by atoms with E-state index in [2.05, 4.69) is 27.1 Å². The van der Waals surface area contributed by atoms with Crippen molar-refractivity contribution in [2.24, 2.45) is 5.92 Å². The second-order valence-electron chi connectivity index (χ2n) is 5.79. The van der Waals surface area contributed by atoms with Crippen molar-refractivity contribution >= 4 is 17.5 Å². The third kappa shape index (κ3) is 3.42. The maximum atomic E-state index is 12.1. The number of hydrogen-bond donors (Lipinski definition) is 1. The number of nitrogens with zero attached hydrogens (tertiary/aromatic N) is 3. The number of para-hydroxylation sites is 1. The molecule has 2 aromatic rings. The average molecular weight is 296 g/mol. The second-order valence-corrected chi connectivity index (χ2v) is 5.79. The molecule has 1 aromatic carbocycles. The van der Waals surface area contributed by atoms with Gasteiger partial charge in [-0.1, -0.05) is 25.1 Å². The molecular weight excluding hydrogens is 276 g/mol. The van der Waals surface area contributed by atoms with Crippen molar-refractivity contribution in [2.75, 3.05) is 23.3 Å². The minimum atomic E-state index is -0.190. The maximum Gasteiger partial charge on any atom is 0.258 e. The lowest BCUT2D eigenvalue weighted by molar-refractivity contribution is 0.102. The predicted octanol–water partition coefficient (Wildman–Crippen LogP) is 2.97. The van der Waals surface area contributed by atoms with Crippen LogP contribution in [0.4, 0.5) is 11.6 Å². The van der Waals surface area contributed by atoms with Gasteiger partial charge in [-0.05, 0) is 30.9 Å². The number of benzene rings is 1. The van der Waals surface area contributed by atoms with Crippen LogP contribution in [-0.4, -0.2) is 29.0 Å². The van der Waals surface area contributed by atoms with E-state index in [1.165, 1.54) is 12.8 Å². The van der Waals surface area contributed by atoms with Crippen LogP contribution < -0.4 is 10.2 Å². The Labute approximate surface area is 130 Å². The Kier molecular flexibility index (Phi) is 4.32. The van der Waals surface area contributed by atoms with Crippen molar-refractivity contribution in [1.82, 2.24) is 9.97 Å². The van der Waals surface area contributed by atoms with E-state index in [1.54, 1.807) is 12.4 Å². The molecule has 1 aromatic heterocycles. The number of nitrogens with one attached hydrogen (secondary N) is 1. The summed E-state index contributed by atoms with van der Waals surface area (Å²) in [4.78, 5) is 23.0. The second kappa shape index (κ2) is 6.56. The topological polar surface area (TPSA) is 58.1 Å². The highest BCUT2D eigenvalue weighted by atomic mass is 16.1. The molecule has 1 atom stereocenters. The molecule has 2 heterocycles. The van der Waals surface area contributed by atoms with Crippen molar-refractivity contribution in [3.63, 3.8) is 0 Å². The molecule has 0 saturated carbocycles. The Morgan fingerprint density at radius 3 is 2.64 bits per heavy atom. The molecule has 5 nitrogen and oxygen atoms in total. The largest absolute Gasteiger partial charge is 0.341 e. The van der Waals surface area contributed by atoms with Crippen LogP contribution in [0.5, 0.6) is 0 Å². The Balaban J connectivity index is 1.67. The monoisotopic (exact) mass is 296 g/mol. The average Bonchev–Trinajstić information content (AvgIpc) is 2.56. The number of carbonyl (C=O) groups is 1. The Bertz CT molecular complexity index is 627. The maximum absolute atomic E-state index is 12.1. The molecule has 0 spiro atoms. The third-order valence-corrected chi connectivity index (χ3v) is 3.87. The number of rotatable bonds is 3. The molecule has 0 radical (unpaired) electrons. The van der Waals surface area contributed by atoms with Crippen molar-refractivity contribution in [3.05, 3.63) is 48.3 Å². The standard InChI is InChI=1S/C17H20N4O/c1-13-6-5-9-21(12-13)17-18-10-14(11-19-17)16(22)20-15-7-3-2-4-8-15/h2-4,7-8,10-11,13H,5-6,9,12H2,1H3,(H,20,22). The molecule has 1 unspecified atom stereocenters. The molecule has 1 fully saturated rings. The number of amides is 1. The van der Waals surface area contributed by atoms with Gasteiger partial charge in [0.05, 0.1) is 5.56 Å². The highest BCUT2D eigenvalue weighted by Crippen LogP contribution is 2.19. The highest BCUT2D eigenvalue weighted by Gasteiger charge is 2.18. The van der Waals surface area contributed by atoms with E-state index in [-0.39, 0.29) is 5.91 Å². The molecule has 1 aliphatic rings. The van der Waals surface area contributed by atoms with Gasteiger partial charge in [0, 0.05) is 31.2 Å². The van der Waals surface area contributed by atoms with Crippen molar-refractivity contribution in [3.8, 4) is 0 Å². The molecule has 1 aliphatic heterocycles. The summed E-state index contributed by atoms with van der Waals surface area (Å²) in [6, 6.07) is 9.37. The quantitative estimate of drug-likeness (QED) is 0.946. The summed E-state index contributed by atoms with van der Waals surface area (Å²) >= 11 is 0. The fourth-order valence-corrected chi connectivity index (χ4v) is 2.70. The molecule has 0 bridgehead atoms. The number of anilines is 2. The van der Waals surface area contributed by atoms with Crippen LogP contribution in [0.1, 0.15) is 30.1 Å². The lowest BCUT2D eigenvalue weighted by Crippen LogP contribution is -2.35. The summed E-state index contributed by atoms with van der Waals surface area (Å²) in [5, 5.41) is 2.83. The van der Waals surface area contributed by atoms with Crippen LogP contribution in [-0.2, 0) is 0 Å². The van der Waals surface area contributed by atoms with Gasteiger partial charge in [-0.25, -0.2) is 9.97 Å². The molecule has 1 N–H and O–H groups in total. The summed E-state index contributed by atoms with van der Waals surface area (Å²) in [7, 11) is 0. The summed E-state index contributed by atoms with van der Waals surface area (Å²) < 4.78 is 0. The van der Waals surface area contributed by atoms with E-state index in [0.29, 0.717) is 17.4 Å². The molecule has 5 heteroatoms. The fourth-order valence-electron chi connectivity index (χ4n) is 2.70. The van der Waals surface area contributed by atoms with E-state index in [1.807, 2.05) is 30.3 Å². The first-order valence-electron chi connectivity index (χ1n) is 7.66. The third-order valence-electron chi connectivity index (χ3n) is 3.87. The van der Waals surface area contributed by atoms with Crippen LogP contribution in [0.15, 0.2) is 42.7 Å². The van der Waals surface area contributed by atoms with Crippen LogP contribution in [0, 0.1) is 5.92 Å². The van der Waals surface area contributed by atoms with Crippen LogP contribution in [0.2, 0.25) is 0 Å². The van der Waals surface area contributed by atoms with Crippen LogP contribution in [0.25, 0.3) is 0 Å². The van der Waals surface area contributed by atoms with Gasteiger partial charge in [0.15, 0.2) is 0 Å². The molecule has 114 valence electrons. The first kappa shape index (κ1) is 14.5. The van der Waals surface area contributed by atoms with Gasteiger partial charge in [0.2, 0.25) is 5.95 Å². The van der Waals surface area contributed by atoms with Crippen molar-refractivity contribution in [1.29, 1.82) is 0 Å². The number of aromatic nitrogens is 2. The zero-order valence-corrected chi connectivity index (χ0v) is 12.7. The highest BCUT2D eigenvalue weighted by molar-refractivity contribution is 6.03. The Hall–Kier alpha value is -2.43. The molecular formula is C17H20N4O. The zero-order chi connectivity index (χ0) is 15.4. The molecule has 1 saturated heterocycles. The molecule has 22 heavy (non-hydrogen) atoms. The van der Waals surface area contributed by atoms with Gasteiger partial charge in [-0.2, -0.15) is 0 Å². The van der Waals surface area contributed by atoms with Gasteiger partial charge in [0.25, 0.3) is 5.91 Å². The van der Waals surface area contributed by atoms with Crippen molar-refractivity contribution < 1.29 is 4.79 Å². The van der Waals surface area contributed by atoms with E-state index < -0.39 is 0 Å². The number of hydrogen-bond acceptors (Lipinski definition) is 4. The van der Waals surface area contributed by atoms with Crippen LogP contribution >= 0.6 is 0 Å². The minimum Gasteiger partial charge on any atom is -0.341 e. The Morgan fingerprint density at radius 1 is 1.23 bits per heavy atom.